The topological polar surface area (TPSA) is 97.5 Å². The van der Waals surface area contributed by atoms with Crippen molar-refractivity contribution in [2.24, 2.45) is 0 Å². The first-order valence-electron chi connectivity index (χ1n) is 6.97. The average molecular weight is 292 g/mol. The lowest BCUT2D eigenvalue weighted by Gasteiger charge is -2.16. The molecule has 0 spiro atoms. The smallest absolute Gasteiger partial charge is 0.341 e. The van der Waals surface area contributed by atoms with Crippen LogP contribution in [0, 0.1) is 0 Å². The Kier molecular flexibility index (Phi) is 4.97. The summed E-state index contributed by atoms with van der Waals surface area (Å²) in [6.45, 7) is 2.09. The van der Waals surface area contributed by atoms with E-state index < -0.39 is 5.97 Å². The van der Waals surface area contributed by atoms with E-state index in [2.05, 4.69) is 10.3 Å². The van der Waals surface area contributed by atoms with Crippen molar-refractivity contribution in [3.63, 3.8) is 0 Å². The number of hydrogen-bond acceptors (Lipinski definition) is 6. The van der Waals surface area contributed by atoms with E-state index in [1.165, 1.54) is 19.4 Å². The van der Waals surface area contributed by atoms with Crippen LogP contribution in [0.4, 0.5) is 11.5 Å². The number of anilines is 2. The number of ether oxygens (including phenoxy) is 1. The van der Waals surface area contributed by atoms with Gasteiger partial charge in [-0.15, -0.1) is 0 Å². The standard InChI is InChI=1S/C14H20N4O3/c1-21-14(20)11-8-10(15)9-17-13(11)16-5-4-12(19)18-6-2-3-7-18/h8-9H,2-7,15H2,1H3,(H,16,17). The third-order valence-electron chi connectivity index (χ3n) is 3.40. The van der Waals surface area contributed by atoms with Gasteiger partial charge in [-0.25, -0.2) is 9.78 Å². The number of carbonyl (C=O) groups excluding carboxylic acids is 2. The van der Waals surface area contributed by atoms with E-state index in [9.17, 15) is 9.59 Å². The van der Waals surface area contributed by atoms with E-state index in [1.54, 1.807) is 0 Å². The fourth-order valence-electron chi connectivity index (χ4n) is 2.30. The molecule has 1 aromatic heterocycles. The van der Waals surface area contributed by atoms with Crippen LogP contribution < -0.4 is 11.1 Å². The highest BCUT2D eigenvalue weighted by Gasteiger charge is 2.18. The molecule has 2 heterocycles. The molecule has 1 saturated heterocycles. The Hall–Kier alpha value is -2.31. The van der Waals surface area contributed by atoms with Gasteiger partial charge in [0.05, 0.1) is 19.0 Å². The van der Waals surface area contributed by atoms with Crippen LogP contribution in [-0.2, 0) is 9.53 Å². The Morgan fingerprint density at radius 2 is 2.14 bits per heavy atom. The second-order valence-electron chi connectivity index (χ2n) is 4.92. The van der Waals surface area contributed by atoms with Gasteiger partial charge in [0, 0.05) is 26.1 Å². The minimum absolute atomic E-state index is 0.120. The van der Waals surface area contributed by atoms with Crippen LogP contribution in [0.25, 0.3) is 0 Å². The molecule has 1 aromatic rings. The van der Waals surface area contributed by atoms with Crippen LogP contribution in [0.1, 0.15) is 29.6 Å². The molecule has 0 aromatic carbocycles. The predicted molar refractivity (Wildman–Crippen MR) is 78.9 cm³/mol. The summed E-state index contributed by atoms with van der Waals surface area (Å²) in [6, 6.07) is 1.50. The Labute approximate surface area is 123 Å². The molecule has 0 unspecified atom stereocenters. The lowest BCUT2D eigenvalue weighted by molar-refractivity contribution is -0.129. The molecule has 3 N–H and O–H groups in total. The number of aromatic nitrogens is 1. The molecule has 7 heteroatoms. The highest BCUT2D eigenvalue weighted by Crippen LogP contribution is 2.17. The average Bonchev–Trinajstić information content (AvgIpc) is 3.02. The maximum Gasteiger partial charge on any atom is 0.341 e. The molecule has 21 heavy (non-hydrogen) atoms. The number of esters is 1. The lowest BCUT2D eigenvalue weighted by atomic mass is 10.2. The van der Waals surface area contributed by atoms with Gasteiger partial charge in [-0.1, -0.05) is 0 Å². The Balaban J connectivity index is 1.93. The van der Waals surface area contributed by atoms with Gasteiger partial charge in [0.1, 0.15) is 11.4 Å². The number of likely N-dealkylation sites (tertiary alicyclic amines) is 1. The van der Waals surface area contributed by atoms with E-state index in [4.69, 9.17) is 10.5 Å². The fraction of sp³-hybridized carbons (Fsp3) is 0.500. The Morgan fingerprint density at radius 3 is 2.81 bits per heavy atom. The first kappa shape index (κ1) is 15.1. The van der Waals surface area contributed by atoms with Crippen molar-refractivity contribution in [2.75, 3.05) is 37.8 Å². The first-order valence-corrected chi connectivity index (χ1v) is 6.97. The zero-order chi connectivity index (χ0) is 15.2. The van der Waals surface area contributed by atoms with Crippen molar-refractivity contribution in [2.45, 2.75) is 19.3 Å². The van der Waals surface area contributed by atoms with Crippen LogP contribution in [0.3, 0.4) is 0 Å². The maximum absolute atomic E-state index is 11.9. The zero-order valence-electron chi connectivity index (χ0n) is 12.1. The molecular weight excluding hydrogens is 272 g/mol. The Bertz CT molecular complexity index is 527. The fourth-order valence-corrected chi connectivity index (χ4v) is 2.30. The number of nitrogens with zero attached hydrogens (tertiary/aromatic N) is 2. The molecule has 1 amide bonds. The van der Waals surface area contributed by atoms with Crippen molar-refractivity contribution < 1.29 is 14.3 Å². The van der Waals surface area contributed by atoms with E-state index >= 15 is 0 Å². The minimum Gasteiger partial charge on any atom is -0.465 e. The van der Waals surface area contributed by atoms with Gasteiger partial charge in [0.2, 0.25) is 5.91 Å². The maximum atomic E-state index is 11.9. The number of methoxy groups -OCH3 is 1. The molecular formula is C14H20N4O3. The third kappa shape index (κ3) is 3.84. The highest BCUT2D eigenvalue weighted by atomic mass is 16.5. The molecule has 0 radical (unpaired) electrons. The van der Waals surface area contributed by atoms with Crippen LogP contribution in [-0.4, -0.2) is 48.5 Å². The van der Waals surface area contributed by atoms with Gasteiger partial charge in [-0.3, -0.25) is 4.79 Å². The van der Waals surface area contributed by atoms with Gasteiger partial charge >= 0.3 is 5.97 Å². The molecule has 0 bridgehead atoms. The van der Waals surface area contributed by atoms with Gasteiger partial charge < -0.3 is 20.7 Å². The van der Waals surface area contributed by atoms with Crippen molar-refractivity contribution >= 4 is 23.4 Å². The minimum atomic E-state index is -0.511. The second-order valence-corrected chi connectivity index (χ2v) is 4.92. The molecule has 114 valence electrons. The number of pyridine rings is 1. The molecule has 1 aliphatic rings. The summed E-state index contributed by atoms with van der Waals surface area (Å²) in [5, 5.41) is 3.00. The normalized spacial score (nSPS) is 14.0. The van der Waals surface area contributed by atoms with Crippen molar-refractivity contribution in [3.05, 3.63) is 17.8 Å². The van der Waals surface area contributed by atoms with Crippen LogP contribution in [0.15, 0.2) is 12.3 Å². The van der Waals surface area contributed by atoms with Crippen LogP contribution >= 0.6 is 0 Å². The summed E-state index contributed by atoms with van der Waals surface area (Å²) in [4.78, 5) is 29.5. The van der Waals surface area contributed by atoms with Gasteiger partial charge in [0.15, 0.2) is 0 Å². The summed E-state index contributed by atoms with van der Waals surface area (Å²) in [5.41, 5.74) is 6.27. The van der Waals surface area contributed by atoms with Gasteiger partial charge in [0.25, 0.3) is 0 Å². The number of nitrogen functional groups attached to an aromatic ring is 1. The van der Waals surface area contributed by atoms with Crippen LogP contribution in [0.2, 0.25) is 0 Å². The number of nitrogens with one attached hydrogen (secondary N) is 1. The van der Waals surface area contributed by atoms with Gasteiger partial charge in [-0.2, -0.15) is 0 Å². The van der Waals surface area contributed by atoms with E-state index in [1.807, 2.05) is 4.90 Å². The first-order chi connectivity index (χ1) is 10.1. The van der Waals surface area contributed by atoms with E-state index in [-0.39, 0.29) is 11.5 Å². The summed E-state index contributed by atoms with van der Waals surface area (Å²) >= 11 is 0. The molecule has 7 nitrogen and oxygen atoms in total. The monoisotopic (exact) mass is 292 g/mol. The predicted octanol–water partition coefficient (Wildman–Crippen LogP) is 0.875. The third-order valence-corrected chi connectivity index (χ3v) is 3.40. The largest absolute Gasteiger partial charge is 0.465 e. The van der Waals surface area contributed by atoms with E-state index in [0.29, 0.717) is 24.5 Å². The van der Waals surface area contributed by atoms with Crippen LogP contribution in [0.5, 0.6) is 0 Å². The molecule has 1 aliphatic heterocycles. The zero-order valence-corrected chi connectivity index (χ0v) is 12.1. The SMILES string of the molecule is COC(=O)c1cc(N)cnc1NCCC(=O)N1CCCC1. The number of amides is 1. The lowest BCUT2D eigenvalue weighted by Crippen LogP contribution is -2.29. The Morgan fingerprint density at radius 1 is 1.43 bits per heavy atom. The molecule has 0 saturated carbocycles. The highest BCUT2D eigenvalue weighted by molar-refractivity contribution is 5.95. The molecule has 0 aliphatic carbocycles. The van der Waals surface area contributed by atoms with Crippen molar-refractivity contribution in [3.8, 4) is 0 Å². The number of rotatable bonds is 5. The molecule has 2 rings (SSSR count). The summed E-state index contributed by atoms with van der Waals surface area (Å²) < 4.78 is 4.69. The summed E-state index contributed by atoms with van der Waals surface area (Å²) in [7, 11) is 1.30. The summed E-state index contributed by atoms with van der Waals surface area (Å²) in [5.74, 6) is -0.0106. The second kappa shape index (κ2) is 6.92. The quantitative estimate of drug-likeness (QED) is 0.782. The summed E-state index contributed by atoms with van der Waals surface area (Å²) in [6.07, 6.45) is 3.97. The molecule has 0 atom stereocenters. The van der Waals surface area contributed by atoms with Crippen molar-refractivity contribution in [1.29, 1.82) is 0 Å². The van der Waals surface area contributed by atoms with E-state index in [0.717, 1.165) is 25.9 Å². The number of carbonyl (C=O) groups is 2. The molecule has 1 fully saturated rings. The van der Waals surface area contributed by atoms with Crippen molar-refractivity contribution in [1.82, 2.24) is 9.88 Å². The number of hydrogen-bond donors (Lipinski definition) is 2. The van der Waals surface area contributed by atoms with Gasteiger partial charge in [-0.05, 0) is 18.9 Å². The number of nitrogens with two attached hydrogens (primary N) is 1.